The molecule has 1 heterocycles. The fraction of sp³-hybridized carbons (Fsp3) is 0.571. The number of ether oxygens (including phenoxy) is 2. The Morgan fingerprint density at radius 1 is 1.24 bits per heavy atom. The second kappa shape index (κ2) is 5.41. The number of likely N-dealkylation sites (N-methyl/N-ethyl adjacent to an activating group) is 1. The van der Waals surface area contributed by atoms with E-state index in [0.717, 1.165) is 17.9 Å². The largest absolute Gasteiger partial charge is 0.493 e. The highest BCUT2D eigenvalue weighted by Gasteiger charge is 2.21. The Morgan fingerprint density at radius 3 is 2.59 bits per heavy atom. The summed E-state index contributed by atoms with van der Waals surface area (Å²) in [6.45, 7) is 1.22. The van der Waals surface area contributed by atoms with E-state index >= 15 is 0 Å². The van der Waals surface area contributed by atoms with Crippen LogP contribution < -0.4 is 9.47 Å². The molecule has 1 aliphatic rings. The number of rotatable bonds is 4. The molecule has 1 aromatic carbocycles. The van der Waals surface area contributed by atoms with Gasteiger partial charge in [0.05, 0.1) is 14.2 Å². The third-order valence-corrected chi connectivity index (χ3v) is 3.59. The van der Waals surface area contributed by atoms with Gasteiger partial charge in [-0.2, -0.15) is 0 Å². The average molecular weight is 235 g/mol. The first-order valence-electron chi connectivity index (χ1n) is 6.15. The molecule has 0 aromatic heterocycles. The van der Waals surface area contributed by atoms with E-state index in [1.165, 1.54) is 24.9 Å². The Labute approximate surface area is 103 Å². The summed E-state index contributed by atoms with van der Waals surface area (Å²) in [5, 5.41) is 0. The highest BCUT2D eigenvalue weighted by Crippen LogP contribution is 2.29. The molecule has 1 unspecified atom stereocenters. The molecule has 1 aliphatic heterocycles. The minimum Gasteiger partial charge on any atom is -0.493 e. The molecular weight excluding hydrogens is 214 g/mol. The zero-order valence-electron chi connectivity index (χ0n) is 10.9. The highest BCUT2D eigenvalue weighted by atomic mass is 16.5. The zero-order chi connectivity index (χ0) is 12.3. The lowest BCUT2D eigenvalue weighted by molar-refractivity contribution is 0.308. The van der Waals surface area contributed by atoms with E-state index in [2.05, 4.69) is 24.1 Å². The molecule has 2 rings (SSSR count). The number of nitrogens with zero attached hydrogens (tertiary/aromatic N) is 1. The maximum atomic E-state index is 5.33. The molecule has 3 nitrogen and oxygen atoms in total. The van der Waals surface area contributed by atoms with Gasteiger partial charge >= 0.3 is 0 Å². The maximum Gasteiger partial charge on any atom is 0.160 e. The second-order valence-corrected chi connectivity index (χ2v) is 4.67. The molecule has 1 saturated heterocycles. The third-order valence-electron chi connectivity index (χ3n) is 3.59. The molecule has 1 atom stereocenters. The van der Waals surface area contributed by atoms with Crippen LogP contribution in [0.5, 0.6) is 11.5 Å². The molecule has 0 N–H and O–H groups in total. The van der Waals surface area contributed by atoms with Crippen LogP contribution in [0.25, 0.3) is 0 Å². The van der Waals surface area contributed by atoms with Crippen LogP contribution in [0.3, 0.4) is 0 Å². The highest BCUT2D eigenvalue weighted by molar-refractivity contribution is 5.43. The summed E-state index contributed by atoms with van der Waals surface area (Å²) >= 11 is 0. The quantitative estimate of drug-likeness (QED) is 0.799. The minimum atomic E-state index is 0.674. The van der Waals surface area contributed by atoms with Crippen molar-refractivity contribution in [3.8, 4) is 11.5 Å². The van der Waals surface area contributed by atoms with Crippen LogP contribution in [0.2, 0.25) is 0 Å². The van der Waals surface area contributed by atoms with Crippen molar-refractivity contribution in [3.63, 3.8) is 0 Å². The predicted molar refractivity (Wildman–Crippen MR) is 68.9 cm³/mol. The van der Waals surface area contributed by atoms with E-state index in [1.807, 2.05) is 6.07 Å². The van der Waals surface area contributed by atoms with E-state index in [4.69, 9.17) is 9.47 Å². The molecule has 3 heteroatoms. The van der Waals surface area contributed by atoms with Crippen molar-refractivity contribution < 1.29 is 9.47 Å². The molecule has 0 radical (unpaired) electrons. The van der Waals surface area contributed by atoms with Crippen molar-refractivity contribution in [2.75, 3.05) is 27.8 Å². The van der Waals surface area contributed by atoms with Crippen LogP contribution in [-0.4, -0.2) is 38.8 Å². The zero-order valence-corrected chi connectivity index (χ0v) is 10.9. The van der Waals surface area contributed by atoms with Crippen LogP contribution in [0, 0.1) is 0 Å². The van der Waals surface area contributed by atoms with E-state index in [1.54, 1.807) is 14.2 Å². The lowest BCUT2D eigenvalue weighted by Gasteiger charge is -2.19. The lowest BCUT2D eigenvalue weighted by atomic mass is 10.0. The van der Waals surface area contributed by atoms with Crippen molar-refractivity contribution in [3.05, 3.63) is 23.8 Å². The standard InChI is InChI=1S/C14H21NO2/c1-15-8-4-5-12(15)9-11-6-7-13(16-2)14(10-11)17-3/h6-7,10,12H,4-5,8-9H2,1-3H3. The Hall–Kier alpha value is -1.22. The summed E-state index contributed by atoms with van der Waals surface area (Å²) in [7, 11) is 5.56. The second-order valence-electron chi connectivity index (χ2n) is 4.67. The fourth-order valence-corrected chi connectivity index (χ4v) is 2.52. The van der Waals surface area contributed by atoms with Gasteiger partial charge in [-0.15, -0.1) is 0 Å². The Kier molecular flexibility index (Phi) is 3.89. The summed E-state index contributed by atoms with van der Waals surface area (Å²) in [6, 6.07) is 6.88. The topological polar surface area (TPSA) is 21.7 Å². The van der Waals surface area contributed by atoms with Gasteiger partial charge in [-0.25, -0.2) is 0 Å². The van der Waals surface area contributed by atoms with Gasteiger partial charge in [0.15, 0.2) is 11.5 Å². The van der Waals surface area contributed by atoms with Gasteiger partial charge in [0.2, 0.25) is 0 Å². The molecule has 0 amide bonds. The van der Waals surface area contributed by atoms with Crippen LogP contribution in [0.1, 0.15) is 18.4 Å². The molecule has 0 spiro atoms. The minimum absolute atomic E-state index is 0.674. The molecule has 94 valence electrons. The van der Waals surface area contributed by atoms with Gasteiger partial charge in [-0.1, -0.05) is 6.07 Å². The van der Waals surface area contributed by atoms with E-state index in [0.29, 0.717) is 6.04 Å². The summed E-state index contributed by atoms with van der Waals surface area (Å²) in [5.74, 6) is 1.63. The van der Waals surface area contributed by atoms with Crippen LogP contribution in [-0.2, 0) is 6.42 Å². The van der Waals surface area contributed by atoms with Gasteiger partial charge in [-0.3, -0.25) is 0 Å². The molecule has 17 heavy (non-hydrogen) atoms. The van der Waals surface area contributed by atoms with Crippen molar-refractivity contribution in [2.24, 2.45) is 0 Å². The van der Waals surface area contributed by atoms with Crippen molar-refractivity contribution in [2.45, 2.75) is 25.3 Å². The van der Waals surface area contributed by atoms with Crippen LogP contribution >= 0.6 is 0 Å². The third kappa shape index (κ3) is 2.72. The van der Waals surface area contributed by atoms with E-state index < -0.39 is 0 Å². The van der Waals surface area contributed by atoms with Gasteiger partial charge < -0.3 is 14.4 Å². The van der Waals surface area contributed by atoms with Gasteiger partial charge in [0.1, 0.15) is 0 Å². The predicted octanol–water partition coefficient (Wildman–Crippen LogP) is 2.34. The summed E-state index contributed by atoms with van der Waals surface area (Å²) in [6.07, 6.45) is 3.70. The van der Waals surface area contributed by atoms with Gasteiger partial charge in [-0.05, 0) is 50.6 Å². The molecule has 0 saturated carbocycles. The number of hydrogen-bond acceptors (Lipinski definition) is 3. The number of methoxy groups -OCH3 is 2. The number of benzene rings is 1. The summed E-state index contributed by atoms with van der Waals surface area (Å²) < 4.78 is 10.6. The van der Waals surface area contributed by atoms with Gasteiger partial charge in [0.25, 0.3) is 0 Å². The first kappa shape index (κ1) is 12.2. The maximum absolute atomic E-state index is 5.33. The number of hydrogen-bond donors (Lipinski definition) is 0. The smallest absolute Gasteiger partial charge is 0.160 e. The number of likely N-dealkylation sites (tertiary alicyclic amines) is 1. The molecule has 1 aromatic rings. The first-order chi connectivity index (χ1) is 8.24. The summed E-state index contributed by atoms with van der Waals surface area (Å²) in [4.78, 5) is 2.44. The normalized spacial score (nSPS) is 20.5. The molecule has 1 fully saturated rings. The van der Waals surface area contributed by atoms with Gasteiger partial charge in [0, 0.05) is 6.04 Å². The lowest BCUT2D eigenvalue weighted by Crippen LogP contribution is -2.26. The molecular formula is C14H21NO2. The summed E-state index contributed by atoms with van der Waals surface area (Å²) in [5.41, 5.74) is 1.32. The monoisotopic (exact) mass is 235 g/mol. The molecule has 0 bridgehead atoms. The Balaban J connectivity index is 2.10. The van der Waals surface area contributed by atoms with E-state index in [9.17, 15) is 0 Å². The SMILES string of the molecule is COc1ccc(CC2CCCN2C)cc1OC. The first-order valence-corrected chi connectivity index (χ1v) is 6.15. The Morgan fingerprint density at radius 2 is 2.00 bits per heavy atom. The van der Waals surface area contributed by atoms with Crippen molar-refractivity contribution >= 4 is 0 Å². The molecule has 0 aliphatic carbocycles. The van der Waals surface area contributed by atoms with Crippen LogP contribution in [0.15, 0.2) is 18.2 Å². The fourth-order valence-electron chi connectivity index (χ4n) is 2.52. The van der Waals surface area contributed by atoms with Crippen molar-refractivity contribution in [1.29, 1.82) is 0 Å². The van der Waals surface area contributed by atoms with E-state index in [-0.39, 0.29) is 0 Å². The van der Waals surface area contributed by atoms with Crippen molar-refractivity contribution in [1.82, 2.24) is 4.90 Å². The average Bonchev–Trinajstić information content (AvgIpc) is 2.75. The van der Waals surface area contributed by atoms with Crippen LogP contribution in [0.4, 0.5) is 0 Å². The Bertz CT molecular complexity index is 378.